The smallest absolute Gasteiger partial charge is 0.387 e. The van der Waals surface area contributed by atoms with Crippen molar-refractivity contribution in [2.45, 2.75) is 26.5 Å². The second-order valence-corrected chi connectivity index (χ2v) is 6.85. The average Bonchev–Trinajstić information content (AvgIpc) is 2.98. The molecule has 0 radical (unpaired) electrons. The molecule has 5 nitrogen and oxygen atoms in total. The van der Waals surface area contributed by atoms with E-state index in [2.05, 4.69) is 25.3 Å². The normalized spacial score (nSPS) is 11.2. The molecule has 26 heavy (non-hydrogen) atoms. The maximum atomic E-state index is 12.5. The van der Waals surface area contributed by atoms with Crippen LogP contribution >= 0.6 is 46.9 Å². The van der Waals surface area contributed by atoms with Gasteiger partial charge < -0.3 is 15.4 Å². The minimum Gasteiger partial charge on any atom is -0.434 e. The lowest BCUT2D eigenvalue weighted by Crippen LogP contribution is -2.38. The Hall–Kier alpha value is -1.20. The van der Waals surface area contributed by atoms with E-state index in [1.54, 1.807) is 24.5 Å². The fraction of sp³-hybridized carbons (Fsp3) is 0.375. The lowest BCUT2D eigenvalue weighted by molar-refractivity contribution is -0.0504. The van der Waals surface area contributed by atoms with Crippen molar-refractivity contribution in [3.05, 3.63) is 44.9 Å². The van der Waals surface area contributed by atoms with E-state index in [0.29, 0.717) is 23.1 Å². The van der Waals surface area contributed by atoms with Crippen molar-refractivity contribution in [2.75, 3.05) is 13.6 Å². The van der Waals surface area contributed by atoms with Crippen molar-refractivity contribution in [1.82, 2.24) is 15.6 Å². The number of aliphatic imine (C=N–C) groups is 1. The second kappa shape index (κ2) is 11.5. The molecule has 2 rings (SSSR count). The van der Waals surface area contributed by atoms with E-state index in [1.165, 1.54) is 17.0 Å². The first-order valence-electron chi connectivity index (χ1n) is 7.57. The highest BCUT2D eigenvalue weighted by atomic mass is 127. The van der Waals surface area contributed by atoms with Crippen LogP contribution in [0.15, 0.2) is 29.4 Å². The summed E-state index contributed by atoms with van der Waals surface area (Å²) in [7, 11) is 1.64. The van der Waals surface area contributed by atoms with Crippen LogP contribution in [-0.2, 0) is 13.0 Å². The summed E-state index contributed by atoms with van der Waals surface area (Å²) in [5.41, 5.74) is 0.520. The summed E-state index contributed by atoms with van der Waals surface area (Å²) >= 11 is 7.59. The Bertz CT molecular complexity index is 730. The molecule has 144 valence electrons. The van der Waals surface area contributed by atoms with Gasteiger partial charge in [-0.1, -0.05) is 11.6 Å². The fourth-order valence-corrected chi connectivity index (χ4v) is 3.08. The third-order valence-electron chi connectivity index (χ3n) is 3.21. The summed E-state index contributed by atoms with van der Waals surface area (Å²) in [5, 5.41) is 7.70. The minimum atomic E-state index is -2.89. The molecule has 0 unspecified atom stereocenters. The number of thiazole rings is 1. The number of benzene rings is 1. The highest BCUT2D eigenvalue weighted by Gasteiger charge is 2.11. The standard InChI is InChI=1S/C16H19ClF2N4OS.HI/c1-10-8-22-14(25-10)5-6-21-16(20-2)23-9-11-7-12(17)3-4-13(11)24-15(18)19;/h3-4,7-8,15H,5-6,9H2,1-2H3,(H2,20,21,23);1H. The molecule has 0 saturated carbocycles. The summed E-state index contributed by atoms with van der Waals surface area (Å²) in [4.78, 5) is 9.58. The number of aromatic nitrogens is 1. The molecule has 0 fully saturated rings. The van der Waals surface area contributed by atoms with Gasteiger partial charge in [0.05, 0.1) is 5.01 Å². The zero-order chi connectivity index (χ0) is 18.2. The van der Waals surface area contributed by atoms with E-state index in [4.69, 9.17) is 11.6 Å². The number of rotatable bonds is 7. The SMILES string of the molecule is CN=C(NCCc1ncc(C)s1)NCc1cc(Cl)ccc1OC(F)F.I. The van der Waals surface area contributed by atoms with Gasteiger partial charge in [-0.2, -0.15) is 8.78 Å². The van der Waals surface area contributed by atoms with Crippen molar-refractivity contribution in [3.63, 3.8) is 0 Å². The Labute approximate surface area is 177 Å². The molecule has 10 heteroatoms. The third-order valence-corrected chi connectivity index (χ3v) is 4.42. The number of nitrogens with zero attached hydrogens (tertiary/aromatic N) is 2. The molecule has 1 heterocycles. The van der Waals surface area contributed by atoms with Crippen molar-refractivity contribution in [2.24, 2.45) is 4.99 Å². The van der Waals surface area contributed by atoms with Crippen LogP contribution in [0.1, 0.15) is 15.4 Å². The molecular weight excluding hydrogens is 497 g/mol. The third kappa shape index (κ3) is 7.58. The first-order chi connectivity index (χ1) is 12.0. The van der Waals surface area contributed by atoms with E-state index in [0.717, 1.165) is 11.4 Å². The van der Waals surface area contributed by atoms with Gasteiger partial charge in [0.15, 0.2) is 5.96 Å². The topological polar surface area (TPSA) is 58.5 Å². The highest BCUT2D eigenvalue weighted by Crippen LogP contribution is 2.24. The molecule has 0 atom stereocenters. The van der Waals surface area contributed by atoms with Crippen LogP contribution in [0.4, 0.5) is 8.78 Å². The number of nitrogens with one attached hydrogen (secondary N) is 2. The van der Waals surface area contributed by atoms with E-state index < -0.39 is 6.61 Å². The van der Waals surface area contributed by atoms with Gasteiger partial charge in [0.2, 0.25) is 0 Å². The Kier molecular flexibility index (Phi) is 10.1. The number of guanidine groups is 1. The molecule has 0 bridgehead atoms. The molecule has 0 amide bonds. The number of aryl methyl sites for hydroxylation is 1. The number of ether oxygens (including phenoxy) is 1. The van der Waals surface area contributed by atoms with E-state index >= 15 is 0 Å². The average molecular weight is 517 g/mol. The lowest BCUT2D eigenvalue weighted by atomic mass is 10.2. The summed E-state index contributed by atoms with van der Waals surface area (Å²) in [6.45, 7) is 0.0273. The highest BCUT2D eigenvalue weighted by molar-refractivity contribution is 14.0. The molecule has 2 aromatic rings. The number of hydrogen-bond acceptors (Lipinski definition) is 4. The van der Waals surface area contributed by atoms with E-state index in [9.17, 15) is 8.78 Å². The zero-order valence-electron chi connectivity index (χ0n) is 14.3. The van der Waals surface area contributed by atoms with Crippen LogP contribution in [0.25, 0.3) is 0 Å². The molecule has 0 spiro atoms. The summed E-state index contributed by atoms with van der Waals surface area (Å²) in [6, 6.07) is 4.51. The maximum Gasteiger partial charge on any atom is 0.387 e. The first kappa shape index (κ1) is 22.8. The quantitative estimate of drug-likeness (QED) is 0.329. The Balaban J connectivity index is 0.00000338. The van der Waals surface area contributed by atoms with Crippen LogP contribution in [0.2, 0.25) is 5.02 Å². The van der Waals surface area contributed by atoms with Crippen LogP contribution < -0.4 is 15.4 Å². The number of hydrogen-bond donors (Lipinski definition) is 2. The van der Waals surface area contributed by atoms with Crippen molar-refractivity contribution >= 4 is 52.9 Å². The molecule has 2 N–H and O–H groups in total. The van der Waals surface area contributed by atoms with Gasteiger partial charge in [-0.25, -0.2) is 4.98 Å². The van der Waals surface area contributed by atoms with E-state index in [1.807, 2.05) is 13.1 Å². The molecule has 0 aliphatic rings. The van der Waals surface area contributed by atoms with Crippen molar-refractivity contribution < 1.29 is 13.5 Å². The largest absolute Gasteiger partial charge is 0.434 e. The van der Waals surface area contributed by atoms with Crippen LogP contribution in [0.3, 0.4) is 0 Å². The van der Waals surface area contributed by atoms with Gasteiger partial charge >= 0.3 is 6.61 Å². The van der Waals surface area contributed by atoms with Gasteiger partial charge in [0.25, 0.3) is 0 Å². The number of alkyl halides is 2. The Morgan fingerprint density at radius 2 is 2.15 bits per heavy atom. The van der Waals surface area contributed by atoms with Crippen molar-refractivity contribution in [3.8, 4) is 5.75 Å². The molecule has 0 aliphatic heterocycles. The van der Waals surface area contributed by atoms with Gasteiger partial charge in [-0.3, -0.25) is 4.99 Å². The van der Waals surface area contributed by atoms with Crippen LogP contribution in [0, 0.1) is 6.92 Å². The molecule has 0 saturated heterocycles. The molecule has 1 aromatic carbocycles. The lowest BCUT2D eigenvalue weighted by Gasteiger charge is -2.14. The van der Waals surface area contributed by atoms with Gasteiger partial charge in [0, 0.05) is 48.2 Å². The minimum absolute atomic E-state index is 0. The first-order valence-corrected chi connectivity index (χ1v) is 8.76. The Morgan fingerprint density at radius 3 is 2.77 bits per heavy atom. The Morgan fingerprint density at radius 1 is 1.38 bits per heavy atom. The second-order valence-electron chi connectivity index (χ2n) is 5.10. The van der Waals surface area contributed by atoms with E-state index in [-0.39, 0.29) is 36.3 Å². The zero-order valence-corrected chi connectivity index (χ0v) is 18.2. The predicted octanol–water partition coefficient (Wildman–Crippen LogP) is 4.23. The molecular formula is C16H20ClF2IN4OS. The molecule has 0 aliphatic carbocycles. The monoisotopic (exact) mass is 516 g/mol. The fourth-order valence-electron chi connectivity index (χ4n) is 2.10. The molecule has 1 aromatic heterocycles. The summed E-state index contributed by atoms with van der Waals surface area (Å²) in [6.07, 6.45) is 2.62. The summed E-state index contributed by atoms with van der Waals surface area (Å²) in [5.74, 6) is 0.636. The summed E-state index contributed by atoms with van der Waals surface area (Å²) < 4.78 is 29.5. The van der Waals surface area contributed by atoms with Gasteiger partial charge in [0.1, 0.15) is 5.75 Å². The maximum absolute atomic E-state index is 12.5. The van der Waals surface area contributed by atoms with Gasteiger partial charge in [-0.15, -0.1) is 35.3 Å². The van der Waals surface area contributed by atoms with Crippen molar-refractivity contribution in [1.29, 1.82) is 0 Å². The predicted molar refractivity (Wildman–Crippen MR) is 112 cm³/mol. The van der Waals surface area contributed by atoms with Crippen LogP contribution in [-0.4, -0.2) is 31.1 Å². The van der Waals surface area contributed by atoms with Crippen LogP contribution in [0.5, 0.6) is 5.75 Å². The van der Waals surface area contributed by atoms with Gasteiger partial charge in [-0.05, 0) is 25.1 Å². The number of halogens is 4.